The van der Waals surface area contributed by atoms with Gasteiger partial charge in [0, 0.05) is 33.1 Å². The van der Waals surface area contributed by atoms with Crippen molar-refractivity contribution in [2.24, 2.45) is 5.92 Å². The van der Waals surface area contributed by atoms with Crippen LogP contribution >= 0.6 is 0 Å². The smallest absolute Gasteiger partial charge is 0.331 e. The first-order valence-electron chi connectivity index (χ1n) is 7.57. The van der Waals surface area contributed by atoms with Crippen LogP contribution in [0.5, 0.6) is 0 Å². The van der Waals surface area contributed by atoms with Crippen molar-refractivity contribution in [2.45, 2.75) is 31.5 Å². The van der Waals surface area contributed by atoms with E-state index in [4.69, 9.17) is 9.47 Å². The molecule has 2 rings (SSSR count). The number of hydrogen-bond donors (Lipinski definition) is 1. The summed E-state index contributed by atoms with van der Waals surface area (Å²) in [6.07, 6.45) is 5.32. The van der Waals surface area contributed by atoms with E-state index in [9.17, 15) is 14.4 Å². The topological polar surface area (TPSA) is 84.9 Å². The number of ether oxygens (including phenoxy) is 2. The second kappa shape index (κ2) is 7.52. The van der Waals surface area contributed by atoms with Gasteiger partial charge in [-0.05, 0) is 12.8 Å². The van der Waals surface area contributed by atoms with Gasteiger partial charge in [-0.2, -0.15) is 0 Å². The Morgan fingerprint density at radius 1 is 1.26 bits per heavy atom. The zero-order valence-electron chi connectivity index (χ0n) is 13.4. The third-order valence-corrected chi connectivity index (χ3v) is 4.31. The zero-order valence-corrected chi connectivity index (χ0v) is 13.4. The quantitative estimate of drug-likeness (QED) is 0.464. The van der Waals surface area contributed by atoms with Gasteiger partial charge in [-0.3, -0.25) is 19.8 Å². The molecule has 0 aromatic carbocycles. The standard InChI is InChI=1S/C16H22N2O5/c1-4-7-18-15(20)12(14(19)17-16(18)21)8-10-5-6-11(22-2)9-13(10)23-3/h4,8,10-11,13H,1,5-7,9H2,2-3H3,(H,17,19,21)/b12-8+. The van der Waals surface area contributed by atoms with Crippen molar-refractivity contribution in [3.63, 3.8) is 0 Å². The van der Waals surface area contributed by atoms with Crippen molar-refractivity contribution in [2.75, 3.05) is 20.8 Å². The Kier molecular flexibility index (Phi) is 5.68. The van der Waals surface area contributed by atoms with Crippen molar-refractivity contribution >= 4 is 17.8 Å². The molecule has 0 spiro atoms. The van der Waals surface area contributed by atoms with E-state index in [2.05, 4.69) is 11.9 Å². The molecule has 3 atom stereocenters. The molecule has 0 radical (unpaired) electrons. The average Bonchev–Trinajstić information content (AvgIpc) is 2.55. The van der Waals surface area contributed by atoms with E-state index in [1.165, 1.54) is 6.08 Å². The maximum atomic E-state index is 12.4. The molecule has 23 heavy (non-hydrogen) atoms. The molecule has 1 saturated carbocycles. The van der Waals surface area contributed by atoms with E-state index < -0.39 is 17.8 Å². The number of hydrogen-bond acceptors (Lipinski definition) is 5. The van der Waals surface area contributed by atoms with E-state index in [1.54, 1.807) is 20.3 Å². The fourth-order valence-electron chi connectivity index (χ4n) is 3.01. The number of methoxy groups -OCH3 is 2. The van der Waals surface area contributed by atoms with Gasteiger partial charge in [0.2, 0.25) is 0 Å². The molecule has 0 aromatic rings. The maximum Gasteiger partial charge on any atom is 0.331 e. The van der Waals surface area contributed by atoms with E-state index >= 15 is 0 Å². The first-order chi connectivity index (χ1) is 11.0. The molecular formula is C16H22N2O5. The molecule has 7 heteroatoms. The van der Waals surface area contributed by atoms with Crippen LogP contribution in [0.3, 0.4) is 0 Å². The largest absolute Gasteiger partial charge is 0.381 e. The van der Waals surface area contributed by atoms with Gasteiger partial charge in [0.05, 0.1) is 12.2 Å². The van der Waals surface area contributed by atoms with Gasteiger partial charge in [-0.15, -0.1) is 6.58 Å². The van der Waals surface area contributed by atoms with Gasteiger partial charge in [-0.1, -0.05) is 12.2 Å². The number of barbiturate groups is 1. The van der Waals surface area contributed by atoms with Crippen molar-refractivity contribution in [1.29, 1.82) is 0 Å². The van der Waals surface area contributed by atoms with Crippen LogP contribution < -0.4 is 5.32 Å². The molecule has 126 valence electrons. The molecule has 1 aliphatic carbocycles. The van der Waals surface area contributed by atoms with Crippen LogP contribution in [0.25, 0.3) is 0 Å². The van der Waals surface area contributed by atoms with Crippen LogP contribution in [-0.4, -0.2) is 55.7 Å². The van der Waals surface area contributed by atoms with Crippen LogP contribution in [0, 0.1) is 5.92 Å². The Bertz CT molecular complexity index is 543. The zero-order chi connectivity index (χ0) is 17.0. The molecule has 1 aliphatic heterocycles. The third kappa shape index (κ3) is 3.68. The van der Waals surface area contributed by atoms with Crippen molar-refractivity contribution in [3.05, 3.63) is 24.3 Å². The SMILES string of the molecule is C=CCN1C(=O)NC(=O)/C(=C\C2CCC(OC)CC2OC)C1=O. The molecule has 7 nitrogen and oxygen atoms in total. The fourth-order valence-corrected chi connectivity index (χ4v) is 3.01. The average molecular weight is 322 g/mol. The number of imide groups is 2. The van der Waals surface area contributed by atoms with E-state index in [-0.39, 0.29) is 30.2 Å². The summed E-state index contributed by atoms with van der Waals surface area (Å²) in [7, 11) is 3.26. The monoisotopic (exact) mass is 322 g/mol. The number of amides is 4. The first-order valence-corrected chi connectivity index (χ1v) is 7.57. The molecule has 4 amide bonds. The third-order valence-electron chi connectivity index (χ3n) is 4.31. The molecule has 0 aromatic heterocycles. The van der Waals surface area contributed by atoms with Gasteiger partial charge in [0.15, 0.2) is 0 Å². The van der Waals surface area contributed by atoms with Crippen molar-refractivity contribution in [1.82, 2.24) is 10.2 Å². The highest BCUT2D eigenvalue weighted by atomic mass is 16.5. The normalized spacial score (nSPS) is 30.5. The van der Waals surface area contributed by atoms with Gasteiger partial charge in [0.1, 0.15) is 5.57 Å². The Labute approximate surface area is 135 Å². The summed E-state index contributed by atoms with van der Waals surface area (Å²) < 4.78 is 10.8. The molecular weight excluding hydrogens is 300 g/mol. The van der Waals surface area contributed by atoms with Crippen LogP contribution in [0.15, 0.2) is 24.3 Å². The number of nitrogens with one attached hydrogen (secondary N) is 1. The minimum absolute atomic E-state index is 0.0191. The molecule has 2 aliphatic rings. The summed E-state index contributed by atoms with van der Waals surface area (Å²) in [6.45, 7) is 3.57. The molecule has 1 saturated heterocycles. The highest BCUT2D eigenvalue weighted by Gasteiger charge is 2.37. The summed E-state index contributed by atoms with van der Waals surface area (Å²) in [6, 6.07) is -0.719. The lowest BCUT2D eigenvalue weighted by molar-refractivity contribution is -0.130. The molecule has 1 heterocycles. The lowest BCUT2D eigenvalue weighted by Gasteiger charge is -2.34. The van der Waals surface area contributed by atoms with Gasteiger partial charge < -0.3 is 9.47 Å². The number of rotatable bonds is 5. The van der Waals surface area contributed by atoms with Crippen molar-refractivity contribution < 1.29 is 23.9 Å². The van der Waals surface area contributed by atoms with Crippen LogP contribution in [0.2, 0.25) is 0 Å². The number of urea groups is 1. The molecule has 1 N–H and O–H groups in total. The van der Waals surface area contributed by atoms with E-state index in [0.717, 1.165) is 17.7 Å². The van der Waals surface area contributed by atoms with Gasteiger partial charge in [-0.25, -0.2) is 4.79 Å². The highest BCUT2D eigenvalue weighted by Crippen LogP contribution is 2.30. The van der Waals surface area contributed by atoms with Crippen LogP contribution in [-0.2, 0) is 19.1 Å². The van der Waals surface area contributed by atoms with Crippen molar-refractivity contribution in [3.8, 4) is 0 Å². The minimum atomic E-state index is -0.719. The Morgan fingerprint density at radius 3 is 2.61 bits per heavy atom. The summed E-state index contributed by atoms with van der Waals surface area (Å²) in [5, 5.41) is 2.18. The summed E-state index contributed by atoms with van der Waals surface area (Å²) >= 11 is 0. The molecule has 3 unspecified atom stereocenters. The first kappa shape index (κ1) is 17.4. The highest BCUT2D eigenvalue weighted by molar-refractivity contribution is 6.28. The van der Waals surface area contributed by atoms with Crippen LogP contribution in [0.4, 0.5) is 4.79 Å². The minimum Gasteiger partial charge on any atom is -0.381 e. The van der Waals surface area contributed by atoms with E-state index in [0.29, 0.717) is 6.42 Å². The number of nitrogens with zero attached hydrogens (tertiary/aromatic N) is 1. The molecule has 0 bridgehead atoms. The Morgan fingerprint density at radius 2 is 2.00 bits per heavy atom. The Balaban J connectivity index is 2.22. The summed E-state index contributed by atoms with van der Waals surface area (Å²) in [4.78, 5) is 37.1. The lowest BCUT2D eigenvalue weighted by atomic mass is 9.83. The predicted molar refractivity (Wildman–Crippen MR) is 82.5 cm³/mol. The number of carbonyl (C=O) groups excluding carboxylic acids is 3. The second-order valence-corrected chi connectivity index (χ2v) is 5.65. The van der Waals surface area contributed by atoms with Gasteiger partial charge in [0.25, 0.3) is 11.8 Å². The second-order valence-electron chi connectivity index (χ2n) is 5.65. The van der Waals surface area contributed by atoms with E-state index in [1.807, 2.05) is 0 Å². The Hall–Kier alpha value is -1.99. The summed E-state index contributed by atoms with van der Waals surface area (Å²) in [5.74, 6) is -1.33. The van der Waals surface area contributed by atoms with Crippen LogP contribution in [0.1, 0.15) is 19.3 Å². The summed E-state index contributed by atoms with van der Waals surface area (Å²) in [5.41, 5.74) is -0.0191. The maximum absolute atomic E-state index is 12.4. The number of carbonyl (C=O) groups is 3. The lowest BCUT2D eigenvalue weighted by Crippen LogP contribution is -2.54. The predicted octanol–water partition coefficient (Wildman–Crippen LogP) is 1.01. The fraction of sp³-hybridized carbons (Fsp3) is 0.562. The molecule has 2 fully saturated rings. The van der Waals surface area contributed by atoms with Gasteiger partial charge >= 0.3 is 6.03 Å².